The summed E-state index contributed by atoms with van der Waals surface area (Å²) in [6.45, 7) is 1.08. The quantitative estimate of drug-likeness (QED) is 0.686. The Morgan fingerprint density at radius 2 is 2.47 bits per heavy atom. The average molecular weight is 229 g/mol. The van der Waals surface area contributed by atoms with Crippen LogP contribution < -0.4 is 0 Å². The van der Waals surface area contributed by atoms with Crippen LogP contribution in [0.3, 0.4) is 0 Å². The van der Waals surface area contributed by atoms with E-state index in [-0.39, 0.29) is 16.8 Å². The summed E-state index contributed by atoms with van der Waals surface area (Å²) >= 11 is 5.88. The predicted octanol–water partition coefficient (Wildman–Crippen LogP) is 1.67. The van der Waals surface area contributed by atoms with E-state index in [1.807, 2.05) is 0 Å². The van der Waals surface area contributed by atoms with Crippen molar-refractivity contribution in [1.29, 1.82) is 0 Å². The molecule has 1 saturated heterocycles. The minimum absolute atomic E-state index is 0.0150. The van der Waals surface area contributed by atoms with E-state index in [1.165, 1.54) is 12.3 Å². The van der Waals surface area contributed by atoms with Gasteiger partial charge in [0.2, 0.25) is 0 Å². The minimum Gasteiger partial charge on any atom is -0.337 e. The van der Waals surface area contributed by atoms with Crippen LogP contribution in [-0.4, -0.2) is 34.3 Å². The summed E-state index contributed by atoms with van der Waals surface area (Å²) in [6.07, 6.45) is 3.21. The highest BCUT2D eigenvalue weighted by molar-refractivity contribution is 6.21. The number of hydrogen-bond donors (Lipinski definition) is 0. The number of likely N-dealkylation sites (tertiary alicyclic amines) is 1. The molecule has 0 aliphatic carbocycles. The standard InChI is InChI=1S/C10H10ClFN2O/c11-7-2-4-14(6-7)10(15)8-1-3-13-5-9(8)12/h1,3,5,7H,2,4,6H2. The second-order valence-electron chi connectivity index (χ2n) is 3.49. The molecule has 1 fully saturated rings. The molecule has 0 aromatic carbocycles. The largest absolute Gasteiger partial charge is 0.337 e. The molecule has 1 aliphatic heterocycles. The third-order valence-electron chi connectivity index (χ3n) is 2.42. The van der Waals surface area contributed by atoms with Gasteiger partial charge < -0.3 is 4.90 Å². The summed E-state index contributed by atoms with van der Waals surface area (Å²) in [6, 6.07) is 1.39. The zero-order valence-electron chi connectivity index (χ0n) is 7.99. The number of aromatic nitrogens is 1. The molecule has 0 saturated carbocycles. The van der Waals surface area contributed by atoms with E-state index in [0.717, 1.165) is 12.6 Å². The van der Waals surface area contributed by atoms with Crippen LogP contribution >= 0.6 is 11.6 Å². The molecule has 1 unspecified atom stereocenters. The van der Waals surface area contributed by atoms with Gasteiger partial charge in [0.15, 0.2) is 5.82 Å². The molecule has 1 aromatic rings. The molecular weight excluding hydrogens is 219 g/mol. The Bertz CT molecular complexity index is 385. The lowest BCUT2D eigenvalue weighted by molar-refractivity contribution is 0.0788. The van der Waals surface area contributed by atoms with Crippen molar-refractivity contribution in [2.24, 2.45) is 0 Å². The molecule has 80 valence electrons. The Hall–Kier alpha value is -1.16. The maximum Gasteiger partial charge on any atom is 0.256 e. The molecule has 0 radical (unpaired) electrons. The molecule has 15 heavy (non-hydrogen) atoms. The summed E-state index contributed by atoms with van der Waals surface area (Å²) in [4.78, 5) is 17.0. The van der Waals surface area contributed by atoms with Crippen LogP contribution in [0.15, 0.2) is 18.5 Å². The lowest BCUT2D eigenvalue weighted by atomic mass is 10.2. The number of halogens is 2. The molecule has 1 amide bonds. The molecule has 1 aliphatic rings. The van der Waals surface area contributed by atoms with E-state index in [9.17, 15) is 9.18 Å². The van der Waals surface area contributed by atoms with Gasteiger partial charge in [-0.1, -0.05) is 0 Å². The first-order valence-electron chi connectivity index (χ1n) is 4.71. The number of rotatable bonds is 1. The van der Waals surface area contributed by atoms with Crippen molar-refractivity contribution in [3.63, 3.8) is 0 Å². The molecule has 1 atom stereocenters. The van der Waals surface area contributed by atoms with Gasteiger partial charge in [0.05, 0.1) is 17.1 Å². The molecular formula is C10H10ClFN2O. The van der Waals surface area contributed by atoms with Gasteiger partial charge in [0, 0.05) is 19.3 Å². The zero-order valence-corrected chi connectivity index (χ0v) is 8.75. The van der Waals surface area contributed by atoms with Crippen molar-refractivity contribution in [1.82, 2.24) is 9.88 Å². The van der Waals surface area contributed by atoms with Crippen molar-refractivity contribution in [3.05, 3.63) is 29.8 Å². The van der Waals surface area contributed by atoms with Crippen molar-refractivity contribution in [3.8, 4) is 0 Å². The highest BCUT2D eigenvalue weighted by Gasteiger charge is 2.26. The fraction of sp³-hybridized carbons (Fsp3) is 0.400. The second-order valence-corrected chi connectivity index (χ2v) is 4.11. The highest BCUT2D eigenvalue weighted by atomic mass is 35.5. The summed E-state index contributed by atoms with van der Waals surface area (Å²) < 4.78 is 13.2. The summed E-state index contributed by atoms with van der Waals surface area (Å²) in [5, 5.41) is -0.0150. The number of alkyl halides is 1. The molecule has 5 heteroatoms. The monoisotopic (exact) mass is 228 g/mol. The molecule has 2 heterocycles. The SMILES string of the molecule is O=C(c1ccncc1F)N1CCC(Cl)C1. The van der Waals surface area contributed by atoms with Crippen LogP contribution in [0.25, 0.3) is 0 Å². The fourth-order valence-corrected chi connectivity index (χ4v) is 1.89. The molecule has 2 rings (SSSR count). The number of hydrogen-bond acceptors (Lipinski definition) is 2. The Kier molecular flexibility index (Phi) is 2.86. The number of amides is 1. The molecule has 1 aromatic heterocycles. The Morgan fingerprint density at radius 1 is 1.67 bits per heavy atom. The Labute approximate surface area is 91.9 Å². The molecule has 3 nitrogen and oxygen atoms in total. The minimum atomic E-state index is -0.583. The van der Waals surface area contributed by atoms with Crippen LogP contribution in [0.2, 0.25) is 0 Å². The maximum atomic E-state index is 13.2. The van der Waals surface area contributed by atoms with E-state index in [1.54, 1.807) is 4.90 Å². The highest BCUT2D eigenvalue weighted by Crippen LogP contribution is 2.18. The van der Waals surface area contributed by atoms with Gasteiger partial charge in [0.25, 0.3) is 5.91 Å². The fourth-order valence-electron chi connectivity index (χ4n) is 1.62. The third kappa shape index (κ3) is 2.09. The summed E-state index contributed by atoms with van der Waals surface area (Å²) in [5.74, 6) is -0.890. The van der Waals surface area contributed by atoms with Crippen molar-refractivity contribution < 1.29 is 9.18 Å². The lowest BCUT2D eigenvalue weighted by Crippen LogP contribution is -2.29. The third-order valence-corrected chi connectivity index (χ3v) is 2.78. The number of pyridine rings is 1. The first-order chi connectivity index (χ1) is 7.18. The van der Waals surface area contributed by atoms with E-state index in [2.05, 4.69) is 4.98 Å². The Balaban J connectivity index is 2.18. The average Bonchev–Trinajstić information content (AvgIpc) is 2.65. The van der Waals surface area contributed by atoms with E-state index >= 15 is 0 Å². The van der Waals surface area contributed by atoms with Gasteiger partial charge in [-0.05, 0) is 12.5 Å². The van der Waals surface area contributed by atoms with Gasteiger partial charge in [-0.3, -0.25) is 9.78 Å². The first-order valence-corrected chi connectivity index (χ1v) is 5.15. The van der Waals surface area contributed by atoms with Gasteiger partial charge in [-0.15, -0.1) is 11.6 Å². The van der Waals surface area contributed by atoms with Gasteiger partial charge >= 0.3 is 0 Å². The molecule has 0 bridgehead atoms. The first kappa shape index (κ1) is 10.4. The molecule has 0 spiro atoms. The zero-order chi connectivity index (χ0) is 10.8. The smallest absolute Gasteiger partial charge is 0.256 e. The van der Waals surface area contributed by atoms with Crippen LogP contribution in [0.5, 0.6) is 0 Å². The van der Waals surface area contributed by atoms with Crippen molar-refractivity contribution in [2.45, 2.75) is 11.8 Å². The molecule has 0 N–H and O–H groups in total. The topological polar surface area (TPSA) is 33.2 Å². The number of nitrogens with zero attached hydrogens (tertiary/aromatic N) is 2. The van der Waals surface area contributed by atoms with E-state index in [4.69, 9.17) is 11.6 Å². The number of carbonyl (C=O) groups excluding carboxylic acids is 1. The van der Waals surface area contributed by atoms with Crippen LogP contribution in [0.4, 0.5) is 4.39 Å². The van der Waals surface area contributed by atoms with Crippen LogP contribution in [0, 0.1) is 5.82 Å². The number of carbonyl (C=O) groups is 1. The van der Waals surface area contributed by atoms with E-state index in [0.29, 0.717) is 13.1 Å². The van der Waals surface area contributed by atoms with Gasteiger partial charge in [0.1, 0.15) is 0 Å². The maximum absolute atomic E-state index is 13.2. The lowest BCUT2D eigenvalue weighted by Gasteiger charge is -2.15. The van der Waals surface area contributed by atoms with Crippen molar-refractivity contribution >= 4 is 17.5 Å². The Morgan fingerprint density at radius 3 is 3.07 bits per heavy atom. The van der Waals surface area contributed by atoms with Gasteiger partial charge in [-0.2, -0.15) is 0 Å². The van der Waals surface area contributed by atoms with Gasteiger partial charge in [-0.25, -0.2) is 4.39 Å². The van der Waals surface area contributed by atoms with Crippen LogP contribution in [-0.2, 0) is 0 Å². The van der Waals surface area contributed by atoms with E-state index < -0.39 is 5.82 Å². The van der Waals surface area contributed by atoms with Crippen LogP contribution in [0.1, 0.15) is 16.8 Å². The van der Waals surface area contributed by atoms with Crippen molar-refractivity contribution in [2.75, 3.05) is 13.1 Å². The summed E-state index contributed by atoms with van der Waals surface area (Å²) in [5.41, 5.74) is 0.0655. The second kappa shape index (κ2) is 4.14. The predicted molar refractivity (Wildman–Crippen MR) is 54.4 cm³/mol. The summed E-state index contributed by atoms with van der Waals surface area (Å²) in [7, 11) is 0. The normalized spacial score (nSPS) is 20.7.